The van der Waals surface area contributed by atoms with E-state index in [4.69, 9.17) is 28.7 Å². The van der Waals surface area contributed by atoms with Crippen LogP contribution in [0.4, 0.5) is 0 Å². The fourth-order valence-corrected chi connectivity index (χ4v) is 3.02. The molecule has 204 valence electrons. The Bertz CT molecular complexity index is 843. The highest BCUT2D eigenvalue weighted by Crippen LogP contribution is 2.06. The van der Waals surface area contributed by atoms with E-state index in [-0.39, 0.29) is 31.3 Å². The number of hydrogen-bond acceptors (Lipinski definition) is 8. The van der Waals surface area contributed by atoms with Gasteiger partial charge in [0, 0.05) is 6.54 Å². The predicted molar refractivity (Wildman–Crippen MR) is 128 cm³/mol. The summed E-state index contributed by atoms with van der Waals surface area (Å²) >= 11 is 0. The number of carbonyl (C=O) groups excluding carboxylic acids is 5. The molecule has 0 aliphatic heterocycles. The van der Waals surface area contributed by atoms with E-state index in [1.807, 2.05) is 13.8 Å². The molecule has 0 spiro atoms. The van der Waals surface area contributed by atoms with Crippen LogP contribution in [0.2, 0.25) is 0 Å². The summed E-state index contributed by atoms with van der Waals surface area (Å²) in [7, 11) is 0. The molecule has 0 rings (SSSR count). The Hall–Kier alpha value is -3.95. The lowest BCUT2D eigenvalue weighted by molar-refractivity contribution is -0.144. The third-order valence-corrected chi connectivity index (χ3v) is 4.70. The van der Waals surface area contributed by atoms with Gasteiger partial charge < -0.3 is 49.7 Å². The second kappa shape index (κ2) is 15.9. The van der Waals surface area contributed by atoms with Gasteiger partial charge in [0.05, 0.1) is 18.9 Å². The van der Waals surface area contributed by atoms with Crippen LogP contribution in [-0.4, -0.2) is 77.3 Å². The molecule has 0 heterocycles. The number of carbonyl (C=O) groups is 6. The van der Waals surface area contributed by atoms with Crippen molar-refractivity contribution in [3.8, 4) is 0 Å². The van der Waals surface area contributed by atoms with Crippen LogP contribution in [0.5, 0.6) is 0 Å². The molecule has 4 unspecified atom stereocenters. The first-order chi connectivity index (χ1) is 16.6. The second-order valence-corrected chi connectivity index (χ2v) is 8.55. The number of nitrogens with zero attached hydrogens (tertiary/aromatic N) is 1. The van der Waals surface area contributed by atoms with E-state index in [1.54, 1.807) is 0 Å². The van der Waals surface area contributed by atoms with Crippen molar-refractivity contribution in [3.63, 3.8) is 0 Å². The molecule has 0 aliphatic carbocycles. The van der Waals surface area contributed by atoms with Gasteiger partial charge in [0.1, 0.15) is 18.1 Å². The van der Waals surface area contributed by atoms with Crippen LogP contribution in [0.3, 0.4) is 0 Å². The average Bonchev–Trinajstić information content (AvgIpc) is 2.73. The highest BCUT2D eigenvalue weighted by molar-refractivity contribution is 5.96. The zero-order valence-corrected chi connectivity index (χ0v) is 20.4. The molecule has 36 heavy (non-hydrogen) atoms. The zero-order chi connectivity index (χ0) is 28.0. The number of aliphatic imine (C=N–C) groups is 1. The smallest absolute Gasteiger partial charge is 0.326 e. The highest BCUT2D eigenvalue weighted by atomic mass is 16.4. The minimum atomic E-state index is -1.65. The van der Waals surface area contributed by atoms with Crippen molar-refractivity contribution < 1.29 is 33.9 Å². The van der Waals surface area contributed by atoms with E-state index in [2.05, 4.69) is 20.9 Å². The minimum Gasteiger partial charge on any atom is -0.480 e. The van der Waals surface area contributed by atoms with Crippen molar-refractivity contribution in [1.82, 2.24) is 16.0 Å². The summed E-state index contributed by atoms with van der Waals surface area (Å²) in [5.41, 5.74) is 26.6. The van der Waals surface area contributed by atoms with Crippen LogP contribution in [0.15, 0.2) is 4.99 Å². The quantitative estimate of drug-likeness (QED) is 0.0509. The highest BCUT2D eigenvalue weighted by Gasteiger charge is 2.31. The second-order valence-electron chi connectivity index (χ2n) is 8.55. The molecule has 0 radical (unpaired) electrons. The van der Waals surface area contributed by atoms with Gasteiger partial charge in [0.25, 0.3) is 0 Å². The van der Waals surface area contributed by atoms with Gasteiger partial charge in [0.15, 0.2) is 5.96 Å². The summed E-state index contributed by atoms with van der Waals surface area (Å²) in [6, 6.07) is -5.42. The average molecular weight is 516 g/mol. The lowest BCUT2D eigenvalue weighted by atomic mass is 10.0. The number of rotatable bonds is 17. The SMILES string of the molecule is CC(C)CC(N)C(=O)NC(CC(N)=O)C(=O)NC(CCCN=C(N)N)C(=O)NC(CC(N)=O)C(=O)O. The van der Waals surface area contributed by atoms with E-state index in [9.17, 15) is 33.9 Å². The molecule has 5 amide bonds. The summed E-state index contributed by atoms with van der Waals surface area (Å²) in [4.78, 5) is 75.8. The third kappa shape index (κ3) is 13.7. The first-order valence-corrected chi connectivity index (χ1v) is 11.1. The Labute approximate surface area is 208 Å². The van der Waals surface area contributed by atoms with E-state index in [1.165, 1.54) is 0 Å². The molecule has 0 aromatic rings. The summed E-state index contributed by atoms with van der Waals surface area (Å²) in [6.07, 6.45) is -0.863. The Morgan fingerprint density at radius 2 is 1.25 bits per heavy atom. The van der Waals surface area contributed by atoms with Crippen molar-refractivity contribution in [2.45, 2.75) is 70.1 Å². The van der Waals surface area contributed by atoms with Gasteiger partial charge in [-0.2, -0.15) is 0 Å². The topological polar surface area (TPSA) is 301 Å². The largest absolute Gasteiger partial charge is 0.480 e. The van der Waals surface area contributed by atoms with Crippen molar-refractivity contribution in [1.29, 1.82) is 0 Å². The molecule has 4 atom stereocenters. The maximum atomic E-state index is 12.9. The maximum absolute atomic E-state index is 12.9. The van der Waals surface area contributed by atoms with Crippen molar-refractivity contribution in [3.05, 3.63) is 0 Å². The molecule has 0 aliphatic rings. The lowest BCUT2D eigenvalue weighted by Gasteiger charge is -2.25. The van der Waals surface area contributed by atoms with E-state index in [0.29, 0.717) is 6.42 Å². The van der Waals surface area contributed by atoms with Crippen molar-refractivity contribution in [2.24, 2.45) is 39.6 Å². The number of hydrogen-bond donors (Lipinski definition) is 9. The Morgan fingerprint density at radius 1 is 0.778 bits per heavy atom. The van der Waals surface area contributed by atoms with Gasteiger partial charge in [0.2, 0.25) is 29.5 Å². The Morgan fingerprint density at radius 3 is 1.72 bits per heavy atom. The number of nitrogens with two attached hydrogens (primary N) is 5. The van der Waals surface area contributed by atoms with Gasteiger partial charge >= 0.3 is 5.97 Å². The molecule has 16 heteroatoms. The van der Waals surface area contributed by atoms with Crippen LogP contribution >= 0.6 is 0 Å². The van der Waals surface area contributed by atoms with Gasteiger partial charge in [-0.1, -0.05) is 13.8 Å². The molecule has 0 bridgehead atoms. The number of guanidine groups is 1. The number of carboxylic acids is 1. The Balaban J connectivity index is 5.67. The van der Waals surface area contributed by atoms with E-state index < -0.39 is 72.5 Å². The predicted octanol–water partition coefficient (Wildman–Crippen LogP) is -4.30. The molecule has 0 fully saturated rings. The van der Waals surface area contributed by atoms with Crippen LogP contribution in [-0.2, 0) is 28.8 Å². The minimum absolute atomic E-state index is 0.0681. The molecule has 0 saturated heterocycles. The van der Waals surface area contributed by atoms with Crippen LogP contribution in [0, 0.1) is 5.92 Å². The number of carboxylic acid groups (broad SMARTS) is 1. The van der Waals surface area contributed by atoms with Crippen molar-refractivity contribution in [2.75, 3.05) is 6.54 Å². The molecular weight excluding hydrogens is 478 g/mol. The summed E-state index contributed by atoms with van der Waals surface area (Å²) in [6.45, 7) is 3.76. The fraction of sp³-hybridized carbons (Fsp3) is 0.650. The standard InChI is InChI=1S/C20H37N9O7/c1-9(2)6-10(21)16(32)28-12(7-14(22)30)18(34)27-11(4-3-5-26-20(24)25)17(33)29-13(19(35)36)8-15(23)31/h9-13H,3-8,21H2,1-2H3,(H2,22,30)(H2,23,31)(H,27,34)(H,28,32)(H,29,33)(H,35,36)(H4,24,25,26). The normalized spacial score (nSPS) is 14.0. The van der Waals surface area contributed by atoms with Crippen LogP contribution in [0.25, 0.3) is 0 Å². The molecule has 0 aromatic heterocycles. The zero-order valence-electron chi connectivity index (χ0n) is 20.4. The maximum Gasteiger partial charge on any atom is 0.326 e. The van der Waals surface area contributed by atoms with E-state index in [0.717, 1.165) is 0 Å². The first kappa shape index (κ1) is 32.0. The van der Waals surface area contributed by atoms with Gasteiger partial charge in [-0.15, -0.1) is 0 Å². The first-order valence-electron chi connectivity index (χ1n) is 11.1. The Kier molecular flexibility index (Phi) is 14.1. The number of primary amides is 2. The summed E-state index contributed by atoms with van der Waals surface area (Å²) in [5.74, 6) is -6.13. The van der Waals surface area contributed by atoms with Gasteiger partial charge in [-0.05, 0) is 25.2 Å². The molecule has 0 aromatic carbocycles. The van der Waals surface area contributed by atoms with Crippen LogP contribution in [0.1, 0.15) is 46.0 Å². The monoisotopic (exact) mass is 515 g/mol. The molecule has 16 nitrogen and oxygen atoms in total. The van der Waals surface area contributed by atoms with Crippen molar-refractivity contribution >= 4 is 41.5 Å². The molecular formula is C20H37N9O7. The third-order valence-electron chi connectivity index (χ3n) is 4.70. The molecule has 14 N–H and O–H groups in total. The van der Waals surface area contributed by atoms with Gasteiger partial charge in [-0.25, -0.2) is 4.79 Å². The molecule has 0 saturated carbocycles. The fourth-order valence-electron chi connectivity index (χ4n) is 3.02. The van der Waals surface area contributed by atoms with Gasteiger partial charge in [-0.3, -0.25) is 29.0 Å². The lowest BCUT2D eigenvalue weighted by Crippen LogP contribution is -2.58. The van der Waals surface area contributed by atoms with E-state index >= 15 is 0 Å². The number of amides is 5. The summed E-state index contributed by atoms with van der Waals surface area (Å²) < 4.78 is 0. The summed E-state index contributed by atoms with van der Waals surface area (Å²) in [5, 5.41) is 16.1. The van der Waals surface area contributed by atoms with Crippen LogP contribution < -0.4 is 44.6 Å². The number of aliphatic carboxylic acids is 1. The number of nitrogens with one attached hydrogen (secondary N) is 3.